The summed E-state index contributed by atoms with van der Waals surface area (Å²) in [5.74, 6) is 0. The van der Waals surface area contributed by atoms with Crippen LogP contribution in [0, 0.1) is 0 Å². The van der Waals surface area contributed by atoms with Gasteiger partial charge in [-0.25, -0.2) is 0 Å². The average molecular weight is 203 g/mol. The largest absolute Gasteiger partial charge is 0.395 e. The van der Waals surface area contributed by atoms with E-state index in [-0.39, 0.29) is 18.8 Å². The van der Waals surface area contributed by atoms with Crippen molar-refractivity contribution in [2.45, 2.75) is 37.8 Å². The zero-order chi connectivity index (χ0) is 10.2. The molecule has 1 saturated heterocycles. The minimum Gasteiger partial charge on any atom is -0.395 e. The summed E-state index contributed by atoms with van der Waals surface area (Å²) in [6.45, 7) is 2.17. The van der Waals surface area contributed by atoms with Gasteiger partial charge in [0.25, 0.3) is 0 Å². The summed E-state index contributed by atoms with van der Waals surface area (Å²) >= 11 is 0. The van der Waals surface area contributed by atoms with Crippen LogP contribution in [0.25, 0.3) is 0 Å². The van der Waals surface area contributed by atoms with Gasteiger partial charge < -0.3 is 20.3 Å². The zero-order valence-electron chi connectivity index (χ0n) is 8.65. The Labute approximate surface area is 85.4 Å². The van der Waals surface area contributed by atoms with Gasteiger partial charge in [-0.15, -0.1) is 0 Å². The fourth-order valence-electron chi connectivity index (χ4n) is 1.48. The van der Waals surface area contributed by atoms with E-state index >= 15 is 0 Å². The molecule has 0 aromatic rings. The van der Waals surface area contributed by atoms with Crippen LogP contribution in [-0.2, 0) is 9.47 Å². The molecule has 4 heteroatoms. The molecule has 0 radical (unpaired) electrons. The smallest absolute Gasteiger partial charge is 0.0808 e. The third-order valence-corrected chi connectivity index (χ3v) is 2.45. The average Bonchev–Trinajstić information content (AvgIpc) is 2.25. The van der Waals surface area contributed by atoms with Gasteiger partial charge in [-0.2, -0.15) is 0 Å². The molecule has 1 aliphatic heterocycles. The minimum atomic E-state index is -0.151. The van der Waals surface area contributed by atoms with E-state index in [9.17, 15) is 0 Å². The summed E-state index contributed by atoms with van der Waals surface area (Å²) < 4.78 is 10.9. The first-order chi connectivity index (χ1) is 6.83. The SMILES string of the molecule is NC(CO)CCOCC1CCCCO1. The van der Waals surface area contributed by atoms with Gasteiger partial charge in [0.05, 0.1) is 19.3 Å². The Morgan fingerprint density at radius 1 is 1.50 bits per heavy atom. The summed E-state index contributed by atoms with van der Waals surface area (Å²) in [5.41, 5.74) is 5.53. The van der Waals surface area contributed by atoms with Gasteiger partial charge in [0.1, 0.15) is 0 Å². The molecule has 1 aliphatic rings. The molecular weight excluding hydrogens is 182 g/mol. The first-order valence-corrected chi connectivity index (χ1v) is 5.38. The lowest BCUT2D eigenvalue weighted by Crippen LogP contribution is -2.28. The van der Waals surface area contributed by atoms with Gasteiger partial charge in [-0.1, -0.05) is 0 Å². The number of nitrogens with two attached hydrogens (primary N) is 1. The van der Waals surface area contributed by atoms with Crippen molar-refractivity contribution < 1.29 is 14.6 Å². The maximum absolute atomic E-state index is 8.68. The number of hydrogen-bond acceptors (Lipinski definition) is 4. The topological polar surface area (TPSA) is 64.7 Å². The van der Waals surface area contributed by atoms with Crippen LogP contribution in [0.4, 0.5) is 0 Å². The molecule has 1 fully saturated rings. The van der Waals surface area contributed by atoms with Crippen molar-refractivity contribution >= 4 is 0 Å². The quantitative estimate of drug-likeness (QED) is 0.609. The van der Waals surface area contributed by atoms with Crippen molar-refractivity contribution in [2.75, 3.05) is 26.4 Å². The van der Waals surface area contributed by atoms with Gasteiger partial charge in [0.2, 0.25) is 0 Å². The van der Waals surface area contributed by atoms with Crippen LogP contribution >= 0.6 is 0 Å². The van der Waals surface area contributed by atoms with Crippen molar-refractivity contribution in [3.05, 3.63) is 0 Å². The lowest BCUT2D eigenvalue weighted by Gasteiger charge is -2.22. The third kappa shape index (κ3) is 4.91. The fourth-order valence-corrected chi connectivity index (χ4v) is 1.48. The van der Waals surface area contributed by atoms with E-state index in [1.807, 2.05) is 0 Å². The van der Waals surface area contributed by atoms with Gasteiger partial charge >= 0.3 is 0 Å². The molecule has 1 rings (SSSR count). The molecule has 84 valence electrons. The molecule has 4 nitrogen and oxygen atoms in total. The number of ether oxygens (including phenoxy) is 2. The molecule has 1 heterocycles. The van der Waals surface area contributed by atoms with E-state index in [0.717, 1.165) is 13.0 Å². The fraction of sp³-hybridized carbons (Fsp3) is 1.00. The highest BCUT2D eigenvalue weighted by atomic mass is 16.5. The summed E-state index contributed by atoms with van der Waals surface area (Å²) in [6, 6.07) is -0.151. The van der Waals surface area contributed by atoms with Crippen molar-refractivity contribution in [1.29, 1.82) is 0 Å². The minimum absolute atomic E-state index is 0.0310. The Balaban J connectivity index is 1.92. The molecule has 0 bridgehead atoms. The van der Waals surface area contributed by atoms with Crippen LogP contribution in [0.5, 0.6) is 0 Å². The zero-order valence-corrected chi connectivity index (χ0v) is 8.65. The monoisotopic (exact) mass is 203 g/mol. The van der Waals surface area contributed by atoms with Crippen LogP contribution in [0.15, 0.2) is 0 Å². The number of aliphatic hydroxyl groups is 1. The first-order valence-electron chi connectivity index (χ1n) is 5.38. The Morgan fingerprint density at radius 2 is 2.36 bits per heavy atom. The predicted molar refractivity (Wildman–Crippen MR) is 54.1 cm³/mol. The predicted octanol–water partition coefficient (Wildman–Crippen LogP) is 0.282. The normalized spacial score (nSPS) is 24.9. The van der Waals surface area contributed by atoms with E-state index in [2.05, 4.69) is 0 Å². The second-order valence-electron chi connectivity index (χ2n) is 3.79. The van der Waals surface area contributed by atoms with Crippen LogP contribution in [0.1, 0.15) is 25.7 Å². The van der Waals surface area contributed by atoms with E-state index in [1.165, 1.54) is 12.8 Å². The van der Waals surface area contributed by atoms with E-state index in [4.69, 9.17) is 20.3 Å². The van der Waals surface area contributed by atoms with Gasteiger partial charge in [0.15, 0.2) is 0 Å². The van der Waals surface area contributed by atoms with E-state index in [1.54, 1.807) is 0 Å². The maximum Gasteiger partial charge on any atom is 0.0808 e. The Morgan fingerprint density at radius 3 is 3.00 bits per heavy atom. The van der Waals surface area contributed by atoms with E-state index < -0.39 is 0 Å². The molecule has 0 aromatic carbocycles. The molecule has 0 aliphatic carbocycles. The highest BCUT2D eigenvalue weighted by molar-refractivity contribution is 4.63. The Bertz CT molecular complexity index is 137. The molecule has 14 heavy (non-hydrogen) atoms. The number of hydrogen-bond donors (Lipinski definition) is 2. The highest BCUT2D eigenvalue weighted by Gasteiger charge is 2.13. The van der Waals surface area contributed by atoms with Crippen molar-refractivity contribution in [3.63, 3.8) is 0 Å². The molecular formula is C10H21NO3. The van der Waals surface area contributed by atoms with Crippen LogP contribution in [0.3, 0.4) is 0 Å². The summed E-state index contributed by atoms with van der Waals surface area (Å²) in [4.78, 5) is 0. The molecule has 0 spiro atoms. The molecule has 0 aromatic heterocycles. The Kier molecular flexibility index (Phi) is 6.10. The van der Waals surface area contributed by atoms with Crippen LogP contribution in [0.2, 0.25) is 0 Å². The molecule has 3 N–H and O–H groups in total. The van der Waals surface area contributed by atoms with Gasteiger partial charge in [-0.3, -0.25) is 0 Å². The molecule has 0 amide bonds. The lowest BCUT2D eigenvalue weighted by molar-refractivity contribution is -0.0419. The molecule has 0 saturated carbocycles. The second-order valence-corrected chi connectivity index (χ2v) is 3.79. The number of rotatable bonds is 6. The van der Waals surface area contributed by atoms with Gasteiger partial charge in [-0.05, 0) is 25.7 Å². The lowest BCUT2D eigenvalue weighted by atomic mass is 10.1. The third-order valence-electron chi connectivity index (χ3n) is 2.45. The molecule has 2 unspecified atom stereocenters. The summed E-state index contributed by atoms with van der Waals surface area (Å²) in [7, 11) is 0. The first kappa shape index (κ1) is 11.9. The number of aliphatic hydroxyl groups excluding tert-OH is 1. The highest BCUT2D eigenvalue weighted by Crippen LogP contribution is 2.12. The Hall–Kier alpha value is -0.160. The maximum atomic E-state index is 8.68. The van der Waals surface area contributed by atoms with Crippen LogP contribution in [-0.4, -0.2) is 43.7 Å². The van der Waals surface area contributed by atoms with Crippen molar-refractivity contribution in [3.8, 4) is 0 Å². The van der Waals surface area contributed by atoms with Crippen molar-refractivity contribution in [2.24, 2.45) is 5.73 Å². The van der Waals surface area contributed by atoms with Crippen LogP contribution < -0.4 is 5.73 Å². The van der Waals surface area contributed by atoms with Gasteiger partial charge in [0, 0.05) is 19.3 Å². The van der Waals surface area contributed by atoms with E-state index in [0.29, 0.717) is 19.6 Å². The second kappa shape index (κ2) is 7.17. The summed E-state index contributed by atoms with van der Waals surface area (Å²) in [6.07, 6.45) is 4.50. The summed E-state index contributed by atoms with van der Waals surface area (Å²) in [5, 5.41) is 8.68. The molecule has 2 atom stereocenters. The van der Waals surface area contributed by atoms with Crippen molar-refractivity contribution in [1.82, 2.24) is 0 Å². The standard InChI is InChI=1S/C10H21NO3/c11-9(7-12)4-6-13-8-10-3-1-2-5-14-10/h9-10,12H,1-8,11H2.